The molecular weight excluding hydrogens is 322 g/mol. The highest BCUT2D eigenvalue weighted by molar-refractivity contribution is 9.10. The zero-order chi connectivity index (χ0) is 13.4. The van der Waals surface area contributed by atoms with Gasteiger partial charge in [-0.1, -0.05) is 22.9 Å². The molecule has 1 saturated heterocycles. The van der Waals surface area contributed by atoms with E-state index >= 15 is 0 Å². The van der Waals surface area contributed by atoms with E-state index in [-0.39, 0.29) is 0 Å². The van der Waals surface area contributed by atoms with Crippen LogP contribution in [0.4, 0.5) is 0 Å². The van der Waals surface area contributed by atoms with Crippen LogP contribution >= 0.6 is 28.1 Å². The number of aromatic amines is 1. The van der Waals surface area contributed by atoms with Crippen molar-refractivity contribution in [2.75, 3.05) is 19.6 Å². The minimum Gasteiger partial charge on any atom is -0.331 e. The third-order valence-electron chi connectivity index (χ3n) is 3.97. The molecule has 19 heavy (non-hydrogen) atoms. The number of H-pyrrole nitrogens is 1. The van der Waals surface area contributed by atoms with Crippen LogP contribution in [0.15, 0.2) is 22.7 Å². The van der Waals surface area contributed by atoms with Gasteiger partial charge in [0.2, 0.25) is 0 Å². The van der Waals surface area contributed by atoms with Gasteiger partial charge in [-0.2, -0.15) is 0 Å². The number of nitrogens with zero attached hydrogens (tertiary/aromatic N) is 2. The highest BCUT2D eigenvalue weighted by Gasteiger charge is 2.22. The number of hydrogen-bond donors (Lipinski definition) is 1. The molecule has 2 aromatic rings. The molecule has 1 fully saturated rings. The molecule has 0 bridgehead atoms. The van der Waals surface area contributed by atoms with E-state index in [0.717, 1.165) is 27.8 Å². The molecule has 3 nitrogen and oxygen atoms in total. The van der Waals surface area contributed by atoms with Gasteiger partial charge in [-0.05, 0) is 56.3 Å². The topological polar surface area (TPSA) is 24.0 Å². The summed E-state index contributed by atoms with van der Waals surface area (Å²) in [6.07, 6.45) is 2.46. The number of rotatable bonds is 2. The number of benzene rings is 1. The molecule has 0 radical (unpaired) electrons. The molecule has 0 aliphatic carbocycles. The third kappa shape index (κ3) is 2.51. The monoisotopic (exact) mass is 339 g/mol. The molecule has 1 N–H and O–H groups in total. The maximum atomic E-state index is 5.53. The largest absolute Gasteiger partial charge is 0.331 e. The first-order valence-electron chi connectivity index (χ1n) is 6.81. The molecule has 1 aromatic carbocycles. The predicted octanol–water partition coefficient (Wildman–Crippen LogP) is 4.12. The van der Waals surface area contributed by atoms with Crippen molar-refractivity contribution in [3.8, 4) is 0 Å². The highest BCUT2D eigenvalue weighted by atomic mass is 79.9. The average Bonchev–Trinajstić information content (AvgIpc) is 2.74. The summed E-state index contributed by atoms with van der Waals surface area (Å²) in [6.45, 7) is 5.67. The summed E-state index contributed by atoms with van der Waals surface area (Å²) in [5.74, 6) is 0. The first-order chi connectivity index (χ1) is 9.19. The van der Waals surface area contributed by atoms with Crippen molar-refractivity contribution in [3.05, 3.63) is 27.4 Å². The molecule has 3 rings (SSSR count). The molecule has 1 aliphatic rings. The molecule has 0 spiro atoms. The summed E-state index contributed by atoms with van der Waals surface area (Å²) in [7, 11) is 0. The Morgan fingerprint density at radius 1 is 1.47 bits per heavy atom. The Hall–Kier alpha value is -0.650. The van der Waals surface area contributed by atoms with Crippen molar-refractivity contribution < 1.29 is 0 Å². The van der Waals surface area contributed by atoms with Crippen molar-refractivity contribution in [3.63, 3.8) is 0 Å². The van der Waals surface area contributed by atoms with Crippen LogP contribution in [0.2, 0.25) is 0 Å². The van der Waals surface area contributed by atoms with Gasteiger partial charge in [-0.15, -0.1) is 0 Å². The summed E-state index contributed by atoms with van der Waals surface area (Å²) in [4.78, 5) is 5.83. The van der Waals surface area contributed by atoms with Crippen molar-refractivity contribution >= 4 is 39.2 Å². The van der Waals surface area contributed by atoms with Crippen molar-refractivity contribution in [2.45, 2.75) is 25.8 Å². The van der Waals surface area contributed by atoms with Crippen LogP contribution in [0.5, 0.6) is 0 Å². The summed E-state index contributed by atoms with van der Waals surface area (Å²) in [5, 5.41) is 0. The fourth-order valence-electron chi connectivity index (χ4n) is 2.99. The fourth-order valence-corrected chi connectivity index (χ4v) is 3.69. The Morgan fingerprint density at radius 2 is 2.32 bits per heavy atom. The molecule has 5 heteroatoms. The van der Waals surface area contributed by atoms with E-state index in [1.54, 1.807) is 0 Å². The van der Waals surface area contributed by atoms with Crippen LogP contribution in [-0.4, -0.2) is 34.1 Å². The number of likely N-dealkylation sites (N-methyl/N-ethyl adjacent to an activating group) is 1. The smallest absolute Gasteiger partial charge is 0.178 e. The Labute approximate surface area is 126 Å². The van der Waals surface area contributed by atoms with Gasteiger partial charge in [-0.25, -0.2) is 0 Å². The molecule has 0 saturated carbocycles. The maximum Gasteiger partial charge on any atom is 0.178 e. The van der Waals surface area contributed by atoms with Crippen LogP contribution in [0.1, 0.15) is 25.8 Å². The Bertz CT molecular complexity index is 646. The lowest BCUT2D eigenvalue weighted by Gasteiger charge is -2.32. The van der Waals surface area contributed by atoms with Crippen LogP contribution in [0.3, 0.4) is 0 Å². The number of nitrogens with one attached hydrogen (secondary N) is 1. The predicted molar refractivity (Wildman–Crippen MR) is 85.2 cm³/mol. The Balaban J connectivity index is 2.06. The number of piperidine rings is 1. The number of halogens is 1. The SMILES string of the molecule is CCN1CCCC(n2c(=S)[nH]c3ccc(Br)cc32)C1. The van der Waals surface area contributed by atoms with Gasteiger partial charge in [0.15, 0.2) is 4.77 Å². The zero-order valence-electron chi connectivity index (χ0n) is 11.0. The van der Waals surface area contributed by atoms with Crippen molar-refractivity contribution in [1.29, 1.82) is 0 Å². The summed E-state index contributed by atoms with van der Waals surface area (Å²) in [5.41, 5.74) is 2.34. The number of fused-ring (bicyclic) bond motifs is 1. The molecule has 1 aliphatic heterocycles. The normalized spacial score (nSPS) is 21.1. The lowest BCUT2D eigenvalue weighted by molar-refractivity contribution is 0.187. The van der Waals surface area contributed by atoms with Gasteiger partial charge < -0.3 is 14.5 Å². The molecule has 0 amide bonds. The zero-order valence-corrected chi connectivity index (χ0v) is 13.4. The summed E-state index contributed by atoms with van der Waals surface area (Å²) in [6, 6.07) is 6.79. The molecule has 1 atom stereocenters. The maximum absolute atomic E-state index is 5.53. The number of likely N-dealkylation sites (tertiary alicyclic amines) is 1. The van der Waals surface area contributed by atoms with Gasteiger partial charge in [0.1, 0.15) is 0 Å². The third-order valence-corrected chi connectivity index (χ3v) is 4.76. The molecule has 2 heterocycles. The van der Waals surface area contributed by atoms with Crippen LogP contribution < -0.4 is 0 Å². The first-order valence-corrected chi connectivity index (χ1v) is 8.01. The molecule has 102 valence electrons. The van der Waals surface area contributed by atoms with Crippen LogP contribution in [0, 0.1) is 4.77 Å². The lowest BCUT2D eigenvalue weighted by Crippen LogP contribution is -2.36. The molecular formula is C14H18BrN3S. The van der Waals surface area contributed by atoms with Gasteiger partial charge >= 0.3 is 0 Å². The van der Waals surface area contributed by atoms with Crippen molar-refractivity contribution in [1.82, 2.24) is 14.5 Å². The van der Waals surface area contributed by atoms with E-state index in [1.807, 2.05) is 0 Å². The van der Waals surface area contributed by atoms with E-state index in [4.69, 9.17) is 12.2 Å². The first kappa shape index (κ1) is 13.3. The van der Waals surface area contributed by atoms with Gasteiger partial charge in [0.25, 0.3) is 0 Å². The highest BCUT2D eigenvalue weighted by Crippen LogP contribution is 2.28. The second kappa shape index (κ2) is 5.38. The number of hydrogen-bond acceptors (Lipinski definition) is 2. The van der Waals surface area contributed by atoms with E-state index in [9.17, 15) is 0 Å². The molecule has 1 unspecified atom stereocenters. The van der Waals surface area contributed by atoms with Crippen molar-refractivity contribution in [2.24, 2.45) is 0 Å². The lowest BCUT2D eigenvalue weighted by atomic mass is 10.1. The van der Waals surface area contributed by atoms with Gasteiger partial charge in [-0.3, -0.25) is 0 Å². The average molecular weight is 340 g/mol. The quantitative estimate of drug-likeness (QED) is 0.832. The summed E-state index contributed by atoms with van der Waals surface area (Å²) < 4.78 is 4.25. The van der Waals surface area contributed by atoms with E-state index in [1.165, 1.54) is 24.9 Å². The van der Waals surface area contributed by atoms with Crippen LogP contribution in [-0.2, 0) is 0 Å². The van der Waals surface area contributed by atoms with E-state index in [2.05, 4.69) is 55.5 Å². The Morgan fingerprint density at radius 3 is 3.11 bits per heavy atom. The van der Waals surface area contributed by atoms with Gasteiger partial charge in [0.05, 0.1) is 11.0 Å². The number of aromatic nitrogens is 2. The molecule has 1 aromatic heterocycles. The standard InChI is InChI=1S/C14H18BrN3S/c1-2-17-7-3-4-11(9-17)18-13-8-10(15)5-6-12(13)16-14(18)19/h5-6,8,11H,2-4,7,9H2,1H3,(H,16,19). The van der Waals surface area contributed by atoms with E-state index < -0.39 is 0 Å². The summed E-state index contributed by atoms with van der Waals surface area (Å²) >= 11 is 9.08. The second-order valence-corrected chi connectivity index (χ2v) is 6.45. The minimum absolute atomic E-state index is 0.490. The van der Waals surface area contributed by atoms with E-state index in [0.29, 0.717) is 6.04 Å². The fraction of sp³-hybridized carbons (Fsp3) is 0.500. The second-order valence-electron chi connectivity index (χ2n) is 5.15. The Kier molecular flexibility index (Phi) is 3.78. The minimum atomic E-state index is 0.490. The van der Waals surface area contributed by atoms with Gasteiger partial charge in [0, 0.05) is 17.1 Å². The van der Waals surface area contributed by atoms with Crippen LogP contribution in [0.25, 0.3) is 11.0 Å². The number of imidazole rings is 1.